The fraction of sp³-hybridized carbons (Fsp3) is 0. The first-order valence-corrected chi connectivity index (χ1v) is 6.94. The van der Waals surface area contributed by atoms with Crippen LogP contribution in [0.2, 0.25) is 0 Å². The molecule has 0 aromatic heterocycles. The van der Waals surface area contributed by atoms with Gasteiger partial charge in [0.25, 0.3) is 5.91 Å². The number of halogens is 3. The minimum Gasteiger partial charge on any atom is -0.389 e. The van der Waals surface area contributed by atoms with Gasteiger partial charge in [0.2, 0.25) is 0 Å². The zero-order valence-corrected chi connectivity index (χ0v) is 12.9. The third-order valence-electron chi connectivity index (χ3n) is 2.66. The van der Waals surface area contributed by atoms with Crippen LogP contribution in [0.4, 0.5) is 14.5 Å². The molecule has 0 spiro atoms. The van der Waals surface area contributed by atoms with Gasteiger partial charge in [-0.15, -0.1) is 0 Å². The van der Waals surface area contributed by atoms with E-state index in [1.807, 2.05) is 0 Å². The summed E-state index contributed by atoms with van der Waals surface area (Å²) in [6.07, 6.45) is 0. The van der Waals surface area contributed by atoms with Crippen molar-refractivity contribution in [2.75, 3.05) is 5.32 Å². The van der Waals surface area contributed by atoms with E-state index < -0.39 is 17.5 Å². The maximum atomic E-state index is 13.5. The van der Waals surface area contributed by atoms with Crippen molar-refractivity contribution in [2.24, 2.45) is 5.73 Å². The number of nitrogens with one attached hydrogen (secondary N) is 1. The summed E-state index contributed by atoms with van der Waals surface area (Å²) in [5, 5.41) is 2.53. The Labute approximate surface area is 133 Å². The Bertz CT molecular complexity index is 737. The zero-order chi connectivity index (χ0) is 15.6. The van der Waals surface area contributed by atoms with Crippen molar-refractivity contribution in [3.63, 3.8) is 0 Å². The van der Waals surface area contributed by atoms with Crippen molar-refractivity contribution in [1.82, 2.24) is 0 Å². The number of carbonyl (C=O) groups excluding carboxylic acids is 1. The van der Waals surface area contributed by atoms with E-state index in [1.165, 1.54) is 24.3 Å². The van der Waals surface area contributed by atoms with E-state index >= 15 is 0 Å². The minimum absolute atomic E-state index is 0.0288. The molecule has 7 heteroatoms. The van der Waals surface area contributed by atoms with Crippen LogP contribution in [0.5, 0.6) is 0 Å². The van der Waals surface area contributed by atoms with Gasteiger partial charge >= 0.3 is 0 Å². The summed E-state index contributed by atoms with van der Waals surface area (Å²) >= 11 is 7.89. The summed E-state index contributed by atoms with van der Waals surface area (Å²) in [4.78, 5) is 12.0. The standard InChI is InChI=1S/C14H9BrF2N2OS/c15-11-3-1-7(16)5-9(11)14(20)19-8-2-4-12(17)10(6-8)13(18)21/h1-6H,(H2,18,21)(H,19,20). The highest BCUT2D eigenvalue weighted by molar-refractivity contribution is 9.10. The Kier molecular flexibility index (Phi) is 4.64. The predicted molar refractivity (Wildman–Crippen MR) is 84.3 cm³/mol. The van der Waals surface area contributed by atoms with Crippen LogP contribution >= 0.6 is 28.1 Å². The van der Waals surface area contributed by atoms with E-state index in [2.05, 4.69) is 21.2 Å². The molecule has 0 radical (unpaired) electrons. The normalized spacial score (nSPS) is 10.2. The predicted octanol–water partition coefficient (Wildman–Crippen LogP) is 3.61. The molecule has 2 aromatic rings. The highest BCUT2D eigenvalue weighted by atomic mass is 79.9. The van der Waals surface area contributed by atoms with Crippen LogP contribution in [0.1, 0.15) is 15.9 Å². The van der Waals surface area contributed by atoms with Gasteiger partial charge in [0.15, 0.2) is 0 Å². The number of nitrogens with two attached hydrogens (primary N) is 1. The van der Waals surface area contributed by atoms with Crippen LogP contribution in [0.15, 0.2) is 40.9 Å². The van der Waals surface area contributed by atoms with Crippen LogP contribution in [-0.4, -0.2) is 10.9 Å². The van der Waals surface area contributed by atoms with Crippen molar-refractivity contribution in [3.05, 3.63) is 63.6 Å². The Balaban J connectivity index is 2.29. The number of benzene rings is 2. The molecule has 0 heterocycles. The second-order valence-corrected chi connectivity index (χ2v) is 5.43. The lowest BCUT2D eigenvalue weighted by Gasteiger charge is -2.09. The third-order valence-corrected chi connectivity index (χ3v) is 3.57. The van der Waals surface area contributed by atoms with E-state index in [1.54, 1.807) is 0 Å². The van der Waals surface area contributed by atoms with Crippen molar-refractivity contribution in [1.29, 1.82) is 0 Å². The van der Waals surface area contributed by atoms with E-state index in [4.69, 9.17) is 18.0 Å². The van der Waals surface area contributed by atoms with Gasteiger partial charge < -0.3 is 11.1 Å². The lowest BCUT2D eigenvalue weighted by Crippen LogP contribution is -2.15. The molecule has 3 N–H and O–H groups in total. The third kappa shape index (κ3) is 3.62. The van der Waals surface area contributed by atoms with Gasteiger partial charge in [-0.2, -0.15) is 0 Å². The fourth-order valence-electron chi connectivity index (χ4n) is 1.66. The average Bonchev–Trinajstić information content (AvgIpc) is 2.43. The summed E-state index contributed by atoms with van der Waals surface area (Å²) < 4.78 is 27.1. The van der Waals surface area contributed by atoms with E-state index in [9.17, 15) is 13.6 Å². The van der Waals surface area contributed by atoms with Crippen LogP contribution in [0, 0.1) is 11.6 Å². The molecule has 2 rings (SSSR count). The van der Waals surface area contributed by atoms with Crippen LogP contribution < -0.4 is 11.1 Å². The number of hydrogen-bond donors (Lipinski definition) is 2. The first-order valence-electron chi connectivity index (χ1n) is 5.74. The Morgan fingerprint density at radius 1 is 1.14 bits per heavy atom. The largest absolute Gasteiger partial charge is 0.389 e. The van der Waals surface area contributed by atoms with Gasteiger partial charge in [-0.3, -0.25) is 4.79 Å². The molecule has 0 fully saturated rings. The molecule has 0 saturated carbocycles. The lowest BCUT2D eigenvalue weighted by atomic mass is 10.1. The fourth-order valence-corrected chi connectivity index (χ4v) is 2.24. The molecule has 0 unspecified atom stereocenters. The SMILES string of the molecule is NC(=S)c1cc(NC(=O)c2cc(F)ccc2Br)ccc1F. The maximum absolute atomic E-state index is 13.5. The summed E-state index contributed by atoms with van der Waals surface area (Å²) in [6, 6.07) is 7.58. The van der Waals surface area contributed by atoms with E-state index in [0.29, 0.717) is 10.2 Å². The van der Waals surface area contributed by atoms with Gasteiger partial charge in [0, 0.05) is 15.7 Å². The number of amides is 1. The van der Waals surface area contributed by atoms with Crippen LogP contribution in [0.25, 0.3) is 0 Å². The molecule has 0 bridgehead atoms. The molecule has 0 aliphatic rings. The summed E-state index contributed by atoms with van der Waals surface area (Å²) in [6.45, 7) is 0. The molecule has 3 nitrogen and oxygen atoms in total. The molecular weight excluding hydrogens is 362 g/mol. The molecule has 0 aliphatic carbocycles. The Hall–Kier alpha value is -1.86. The molecule has 2 aromatic carbocycles. The zero-order valence-electron chi connectivity index (χ0n) is 10.5. The maximum Gasteiger partial charge on any atom is 0.256 e. The van der Waals surface area contributed by atoms with E-state index in [-0.39, 0.29) is 16.1 Å². The first-order chi connectivity index (χ1) is 9.88. The van der Waals surface area contributed by atoms with Crippen molar-refractivity contribution in [3.8, 4) is 0 Å². The Morgan fingerprint density at radius 2 is 1.86 bits per heavy atom. The highest BCUT2D eigenvalue weighted by Gasteiger charge is 2.13. The monoisotopic (exact) mass is 370 g/mol. The van der Waals surface area contributed by atoms with E-state index in [0.717, 1.165) is 12.1 Å². The number of thiocarbonyl (C=S) groups is 1. The molecular formula is C14H9BrF2N2OS. The quantitative estimate of drug-likeness (QED) is 0.811. The number of hydrogen-bond acceptors (Lipinski definition) is 2. The Morgan fingerprint density at radius 3 is 2.52 bits per heavy atom. The number of anilines is 1. The van der Waals surface area contributed by atoms with Gasteiger partial charge in [-0.05, 0) is 52.3 Å². The molecule has 0 aliphatic heterocycles. The lowest BCUT2D eigenvalue weighted by molar-refractivity contribution is 0.102. The van der Waals surface area contributed by atoms with Crippen molar-refractivity contribution >= 4 is 44.7 Å². The molecule has 21 heavy (non-hydrogen) atoms. The van der Waals surface area contributed by atoms with Crippen molar-refractivity contribution < 1.29 is 13.6 Å². The highest BCUT2D eigenvalue weighted by Crippen LogP contribution is 2.20. The van der Waals surface area contributed by atoms with Gasteiger partial charge in [-0.25, -0.2) is 8.78 Å². The van der Waals surface area contributed by atoms with Gasteiger partial charge in [-0.1, -0.05) is 12.2 Å². The molecule has 1 amide bonds. The molecule has 0 saturated heterocycles. The van der Waals surface area contributed by atoms with Gasteiger partial charge in [0.05, 0.1) is 5.56 Å². The number of carbonyl (C=O) groups is 1. The topological polar surface area (TPSA) is 55.1 Å². The minimum atomic E-state index is -0.576. The smallest absolute Gasteiger partial charge is 0.256 e. The van der Waals surface area contributed by atoms with Gasteiger partial charge in [0.1, 0.15) is 16.6 Å². The molecule has 108 valence electrons. The summed E-state index contributed by atoms with van der Waals surface area (Å²) in [5.74, 6) is -1.65. The van der Waals surface area contributed by atoms with Crippen LogP contribution in [-0.2, 0) is 0 Å². The number of rotatable bonds is 3. The second kappa shape index (κ2) is 6.28. The summed E-state index contributed by atoms with van der Waals surface area (Å²) in [5.41, 5.74) is 5.85. The first kappa shape index (κ1) is 15.5. The second-order valence-electron chi connectivity index (χ2n) is 4.14. The average molecular weight is 371 g/mol. The van der Waals surface area contributed by atoms with Crippen molar-refractivity contribution in [2.45, 2.75) is 0 Å². The summed E-state index contributed by atoms with van der Waals surface area (Å²) in [7, 11) is 0. The van der Waals surface area contributed by atoms with Crippen LogP contribution in [0.3, 0.4) is 0 Å². The molecule has 0 atom stereocenters.